The molecule has 0 amide bonds. The fraction of sp³-hybridized carbons (Fsp3) is 0. The van der Waals surface area contributed by atoms with Gasteiger partial charge in [0.1, 0.15) is 0 Å². The van der Waals surface area contributed by atoms with Crippen molar-refractivity contribution in [2.24, 2.45) is 0 Å². The van der Waals surface area contributed by atoms with E-state index in [0.717, 1.165) is 60.9 Å². The predicted octanol–water partition coefficient (Wildman–Crippen LogP) is 11.2. The van der Waals surface area contributed by atoms with Crippen LogP contribution in [0.2, 0.25) is 0 Å². The van der Waals surface area contributed by atoms with Crippen molar-refractivity contribution in [3.63, 3.8) is 0 Å². The van der Waals surface area contributed by atoms with Gasteiger partial charge in [0.2, 0.25) is 0 Å². The maximum atomic E-state index is 10.6. The molecule has 2 aromatic heterocycles. The van der Waals surface area contributed by atoms with Gasteiger partial charge in [0.15, 0.2) is 17.5 Å². The highest BCUT2D eigenvalue weighted by molar-refractivity contribution is 6.11. The van der Waals surface area contributed by atoms with Gasteiger partial charge in [-0.1, -0.05) is 133 Å². The van der Waals surface area contributed by atoms with Crippen molar-refractivity contribution in [3.8, 4) is 68.2 Å². The van der Waals surface area contributed by atoms with Crippen LogP contribution < -0.4 is 0 Å². The molecule has 0 spiro atoms. The topological polar surface area (TPSA) is 67.4 Å². The van der Waals surface area contributed by atoms with E-state index in [0.29, 0.717) is 28.6 Å². The van der Waals surface area contributed by atoms with E-state index in [1.165, 1.54) is 0 Å². The molecule has 0 radical (unpaired) electrons. The molecule has 7 aromatic carbocycles. The van der Waals surface area contributed by atoms with Crippen molar-refractivity contribution >= 4 is 21.8 Å². The van der Waals surface area contributed by atoms with Crippen LogP contribution in [0.3, 0.4) is 0 Å². The molecule has 5 heteroatoms. The standard InChI is InChI=1S/C46H29N5/c47-30-37-27-38(23-24-39(37)46-49-44(33-17-9-3-10-18-33)48-45(50-46)34-19-11-4-12-20-34)51-42-25-21-35(31-13-5-1-6-14-31)28-40(42)41-29-36(22-26-43(41)51)32-15-7-2-8-16-32/h1-29H. The lowest BCUT2D eigenvalue weighted by Crippen LogP contribution is -2.02. The van der Waals surface area contributed by atoms with E-state index in [1.54, 1.807) is 0 Å². The monoisotopic (exact) mass is 651 g/mol. The summed E-state index contributed by atoms with van der Waals surface area (Å²) in [5, 5.41) is 12.9. The molecular weight excluding hydrogens is 623 g/mol. The lowest BCUT2D eigenvalue weighted by Gasteiger charge is -2.12. The molecule has 0 aliphatic heterocycles. The Hall–Kier alpha value is -7.16. The van der Waals surface area contributed by atoms with Crippen LogP contribution in [0, 0.1) is 11.3 Å². The first-order valence-corrected chi connectivity index (χ1v) is 16.8. The number of fused-ring (bicyclic) bond motifs is 3. The predicted molar refractivity (Wildman–Crippen MR) is 206 cm³/mol. The van der Waals surface area contributed by atoms with Gasteiger partial charge in [-0.15, -0.1) is 0 Å². The van der Waals surface area contributed by atoms with Crippen LogP contribution in [0.15, 0.2) is 176 Å². The summed E-state index contributed by atoms with van der Waals surface area (Å²) < 4.78 is 2.25. The summed E-state index contributed by atoms with van der Waals surface area (Å²) in [4.78, 5) is 14.6. The first-order chi connectivity index (χ1) is 25.2. The fourth-order valence-corrected chi connectivity index (χ4v) is 6.81. The van der Waals surface area contributed by atoms with Crippen LogP contribution in [0.1, 0.15) is 5.56 Å². The third-order valence-corrected chi connectivity index (χ3v) is 9.30. The average Bonchev–Trinajstić information content (AvgIpc) is 3.54. The summed E-state index contributed by atoms with van der Waals surface area (Å²) in [7, 11) is 0. The Balaban J connectivity index is 1.23. The zero-order valence-corrected chi connectivity index (χ0v) is 27.5. The zero-order chi connectivity index (χ0) is 34.1. The van der Waals surface area contributed by atoms with Crippen LogP contribution in [0.5, 0.6) is 0 Å². The fourth-order valence-electron chi connectivity index (χ4n) is 6.81. The molecule has 0 saturated carbocycles. The lowest BCUT2D eigenvalue weighted by atomic mass is 10.0. The largest absolute Gasteiger partial charge is 0.309 e. The number of aromatic nitrogens is 4. The highest BCUT2D eigenvalue weighted by atomic mass is 15.0. The first kappa shape index (κ1) is 29.9. The van der Waals surface area contributed by atoms with Gasteiger partial charge >= 0.3 is 0 Å². The van der Waals surface area contributed by atoms with Crippen LogP contribution >= 0.6 is 0 Å². The van der Waals surface area contributed by atoms with E-state index in [4.69, 9.17) is 15.0 Å². The quantitative estimate of drug-likeness (QED) is 0.179. The van der Waals surface area contributed by atoms with E-state index in [-0.39, 0.29) is 0 Å². The molecule has 0 saturated heterocycles. The van der Waals surface area contributed by atoms with Gasteiger partial charge in [-0.05, 0) is 64.7 Å². The molecule has 2 heterocycles. The Morgan fingerprint density at radius 3 is 1.27 bits per heavy atom. The Kier molecular flexibility index (Phi) is 7.46. The second-order valence-electron chi connectivity index (χ2n) is 12.4. The van der Waals surface area contributed by atoms with Crippen LogP contribution in [-0.4, -0.2) is 19.5 Å². The summed E-state index contributed by atoms with van der Waals surface area (Å²) >= 11 is 0. The highest BCUT2D eigenvalue weighted by Crippen LogP contribution is 2.38. The molecule has 0 aliphatic carbocycles. The SMILES string of the molecule is N#Cc1cc(-n2c3ccc(-c4ccccc4)cc3c3cc(-c4ccccc4)ccc32)ccc1-c1nc(-c2ccccc2)nc(-c2ccccc2)n1. The highest BCUT2D eigenvalue weighted by Gasteiger charge is 2.19. The molecular formula is C46H29N5. The van der Waals surface area contributed by atoms with Crippen LogP contribution in [-0.2, 0) is 0 Å². The number of hydrogen-bond acceptors (Lipinski definition) is 4. The van der Waals surface area contributed by atoms with Crippen molar-refractivity contribution < 1.29 is 0 Å². The van der Waals surface area contributed by atoms with Crippen molar-refractivity contribution in [3.05, 3.63) is 181 Å². The van der Waals surface area contributed by atoms with E-state index in [2.05, 4.69) is 102 Å². The van der Waals surface area contributed by atoms with E-state index in [9.17, 15) is 5.26 Å². The third kappa shape index (κ3) is 5.51. The van der Waals surface area contributed by atoms with Crippen molar-refractivity contribution in [2.75, 3.05) is 0 Å². The summed E-state index contributed by atoms with van der Waals surface area (Å²) in [6.45, 7) is 0. The molecule has 5 nitrogen and oxygen atoms in total. The van der Waals surface area contributed by atoms with Gasteiger partial charge < -0.3 is 4.57 Å². The van der Waals surface area contributed by atoms with Gasteiger partial charge in [-0.3, -0.25) is 0 Å². The van der Waals surface area contributed by atoms with Crippen LogP contribution in [0.4, 0.5) is 0 Å². The lowest BCUT2D eigenvalue weighted by molar-refractivity contribution is 1.07. The summed E-state index contributed by atoms with van der Waals surface area (Å²) in [5.41, 5.74) is 10.5. The number of rotatable bonds is 6. The summed E-state index contributed by atoms with van der Waals surface area (Å²) in [6, 6.07) is 62.3. The molecule has 0 atom stereocenters. The molecule has 0 unspecified atom stereocenters. The smallest absolute Gasteiger partial charge is 0.165 e. The Morgan fingerprint density at radius 2 is 0.824 bits per heavy atom. The summed E-state index contributed by atoms with van der Waals surface area (Å²) in [6.07, 6.45) is 0. The van der Waals surface area contributed by atoms with E-state index < -0.39 is 0 Å². The average molecular weight is 652 g/mol. The molecule has 9 rings (SSSR count). The molecule has 0 aliphatic rings. The van der Waals surface area contributed by atoms with Crippen LogP contribution in [0.25, 0.3) is 83.9 Å². The van der Waals surface area contributed by atoms with Gasteiger partial charge in [-0.2, -0.15) is 5.26 Å². The van der Waals surface area contributed by atoms with Gasteiger partial charge in [-0.25, -0.2) is 15.0 Å². The third-order valence-electron chi connectivity index (χ3n) is 9.30. The maximum absolute atomic E-state index is 10.6. The Labute approximate surface area is 295 Å². The minimum atomic E-state index is 0.452. The molecule has 0 bridgehead atoms. The van der Waals surface area contributed by atoms with Crippen molar-refractivity contribution in [2.45, 2.75) is 0 Å². The molecule has 238 valence electrons. The number of benzene rings is 7. The second-order valence-corrected chi connectivity index (χ2v) is 12.4. The number of nitriles is 1. The summed E-state index contributed by atoms with van der Waals surface area (Å²) in [5.74, 6) is 1.56. The minimum absolute atomic E-state index is 0.452. The van der Waals surface area contributed by atoms with E-state index >= 15 is 0 Å². The normalized spacial score (nSPS) is 11.1. The van der Waals surface area contributed by atoms with Gasteiger partial charge in [0.05, 0.1) is 22.7 Å². The number of nitrogens with zero attached hydrogens (tertiary/aromatic N) is 5. The maximum Gasteiger partial charge on any atom is 0.165 e. The van der Waals surface area contributed by atoms with Gasteiger partial charge in [0.25, 0.3) is 0 Å². The first-order valence-electron chi connectivity index (χ1n) is 16.8. The van der Waals surface area contributed by atoms with Crippen molar-refractivity contribution in [1.82, 2.24) is 19.5 Å². The molecule has 9 aromatic rings. The van der Waals surface area contributed by atoms with Crippen molar-refractivity contribution in [1.29, 1.82) is 5.26 Å². The van der Waals surface area contributed by atoms with E-state index in [1.807, 2.05) is 84.9 Å². The zero-order valence-electron chi connectivity index (χ0n) is 27.5. The number of hydrogen-bond donors (Lipinski definition) is 0. The molecule has 51 heavy (non-hydrogen) atoms. The molecule has 0 fully saturated rings. The second kappa shape index (κ2) is 12.7. The Bertz CT molecular complexity index is 2580. The molecule has 0 N–H and O–H groups in total. The minimum Gasteiger partial charge on any atom is -0.309 e. The van der Waals surface area contributed by atoms with Gasteiger partial charge in [0, 0.05) is 33.2 Å². The Morgan fingerprint density at radius 1 is 0.392 bits per heavy atom.